The Morgan fingerprint density at radius 2 is 2.33 bits per heavy atom. The standard InChI is InChI=1S/C10H12N2/c1-2-9-6-10(4-3-5-11)8-12-7-9/h6-8H,2,5,11H2,1H3. The SMILES string of the molecule is CCc1cncc(C#CCN)c1. The fraction of sp³-hybridized carbons (Fsp3) is 0.300. The zero-order chi connectivity index (χ0) is 8.81. The molecule has 0 bridgehead atoms. The average molecular weight is 160 g/mol. The van der Waals surface area contributed by atoms with Gasteiger partial charge in [-0.05, 0) is 18.1 Å². The van der Waals surface area contributed by atoms with E-state index < -0.39 is 0 Å². The molecule has 1 rings (SSSR count). The van der Waals surface area contributed by atoms with E-state index in [0.717, 1.165) is 12.0 Å². The number of pyridine rings is 1. The zero-order valence-corrected chi connectivity index (χ0v) is 7.17. The van der Waals surface area contributed by atoms with Gasteiger partial charge in [0.2, 0.25) is 0 Å². The van der Waals surface area contributed by atoms with Gasteiger partial charge >= 0.3 is 0 Å². The Kier molecular flexibility index (Phi) is 3.31. The molecule has 0 aromatic carbocycles. The molecule has 0 fully saturated rings. The first-order valence-electron chi connectivity index (χ1n) is 3.99. The third-order valence-electron chi connectivity index (χ3n) is 1.54. The second-order valence-electron chi connectivity index (χ2n) is 2.44. The number of nitrogens with zero attached hydrogens (tertiary/aromatic N) is 1. The van der Waals surface area contributed by atoms with Crippen LogP contribution in [0.4, 0.5) is 0 Å². The van der Waals surface area contributed by atoms with Gasteiger partial charge in [0.15, 0.2) is 0 Å². The molecule has 0 saturated heterocycles. The molecule has 0 aliphatic rings. The van der Waals surface area contributed by atoms with Crippen molar-refractivity contribution in [2.24, 2.45) is 5.73 Å². The van der Waals surface area contributed by atoms with Crippen molar-refractivity contribution in [2.75, 3.05) is 6.54 Å². The van der Waals surface area contributed by atoms with E-state index in [4.69, 9.17) is 5.73 Å². The van der Waals surface area contributed by atoms with E-state index in [0.29, 0.717) is 6.54 Å². The molecule has 0 spiro atoms. The van der Waals surface area contributed by atoms with Crippen LogP contribution in [0.25, 0.3) is 0 Å². The summed E-state index contributed by atoms with van der Waals surface area (Å²) < 4.78 is 0. The van der Waals surface area contributed by atoms with Crippen LogP contribution in [0.1, 0.15) is 18.1 Å². The first-order valence-corrected chi connectivity index (χ1v) is 3.99. The predicted molar refractivity (Wildman–Crippen MR) is 49.5 cm³/mol. The fourth-order valence-corrected chi connectivity index (χ4v) is 0.902. The Bertz CT molecular complexity index is 307. The molecule has 62 valence electrons. The molecule has 12 heavy (non-hydrogen) atoms. The maximum atomic E-state index is 5.25. The van der Waals surface area contributed by atoms with Gasteiger partial charge in [-0.3, -0.25) is 4.98 Å². The monoisotopic (exact) mass is 160 g/mol. The number of aryl methyl sites for hydroxylation is 1. The topological polar surface area (TPSA) is 38.9 Å². The lowest BCUT2D eigenvalue weighted by molar-refractivity contribution is 1.10. The van der Waals surface area contributed by atoms with Gasteiger partial charge in [0.1, 0.15) is 0 Å². The second-order valence-corrected chi connectivity index (χ2v) is 2.44. The summed E-state index contributed by atoms with van der Waals surface area (Å²) in [5, 5.41) is 0. The van der Waals surface area contributed by atoms with E-state index in [2.05, 4.69) is 23.7 Å². The first-order chi connectivity index (χ1) is 5.86. The molecule has 1 aromatic rings. The Morgan fingerprint density at radius 1 is 1.50 bits per heavy atom. The van der Waals surface area contributed by atoms with E-state index in [1.807, 2.05) is 12.3 Å². The molecule has 2 nitrogen and oxygen atoms in total. The quantitative estimate of drug-likeness (QED) is 0.621. The third-order valence-corrected chi connectivity index (χ3v) is 1.54. The van der Waals surface area contributed by atoms with Crippen molar-refractivity contribution >= 4 is 0 Å². The highest BCUT2D eigenvalue weighted by molar-refractivity contribution is 5.34. The summed E-state index contributed by atoms with van der Waals surface area (Å²) in [6.45, 7) is 2.49. The van der Waals surface area contributed by atoms with Crippen LogP contribution >= 0.6 is 0 Å². The van der Waals surface area contributed by atoms with E-state index in [1.165, 1.54) is 5.56 Å². The van der Waals surface area contributed by atoms with Gasteiger partial charge in [-0.1, -0.05) is 18.8 Å². The Morgan fingerprint density at radius 3 is 3.00 bits per heavy atom. The lowest BCUT2D eigenvalue weighted by Crippen LogP contribution is -1.93. The summed E-state index contributed by atoms with van der Waals surface area (Å²) in [6, 6.07) is 2.04. The molecule has 0 atom stereocenters. The van der Waals surface area contributed by atoms with Gasteiger partial charge in [-0.25, -0.2) is 0 Å². The molecule has 0 radical (unpaired) electrons. The van der Waals surface area contributed by atoms with Gasteiger partial charge < -0.3 is 5.73 Å². The molecule has 0 aliphatic heterocycles. The van der Waals surface area contributed by atoms with Crippen molar-refractivity contribution in [3.63, 3.8) is 0 Å². The largest absolute Gasteiger partial charge is 0.320 e. The van der Waals surface area contributed by atoms with E-state index in [-0.39, 0.29) is 0 Å². The number of aromatic nitrogens is 1. The maximum absolute atomic E-state index is 5.25. The minimum Gasteiger partial charge on any atom is -0.320 e. The molecule has 0 amide bonds. The van der Waals surface area contributed by atoms with Crippen LogP contribution in [0.15, 0.2) is 18.5 Å². The third kappa shape index (κ3) is 2.37. The van der Waals surface area contributed by atoms with Crippen molar-refractivity contribution in [2.45, 2.75) is 13.3 Å². The molecule has 2 N–H and O–H groups in total. The molecular weight excluding hydrogens is 148 g/mol. The van der Waals surface area contributed by atoms with Gasteiger partial charge in [0.25, 0.3) is 0 Å². The molecule has 1 heterocycles. The summed E-state index contributed by atoms with van der Waals surface area (Å²) in [7, 11) is 0. The van der Waals surface area contributed by atoms with Crippen LogP contribution in [-0.4, -0.2) is 11.5 Å². The van der Waals surface area contributed by atoms with Crippen molar-refractivity contribution in [1.29, 1.82) is 0 Å². The summed E-state index contributed by atoms with van der Waals surface area (Å²) in [5.41, 5.74) is 7.40. The lowest BCUT2D eigenvalue weighted by Gasteiger charge is -1.94. The molecule has 2 heteroatoms. The highest BCUT2D eigenvalue weighted by Gasteiger charge is 1.90. The number of rotatable bonds is 1. The first kappa shape index (κ1) is 8.76. The van der Waals surface area contributed by atoms with Crippen molar-refractivity contribution in [3.8, 4) is 11.8 Å². The van der Waals surface area contributed by atoms with E-state index in [1.54, 1.807) is 6.20 Å². The second kappa shape index (κ2) is 4.53. The van der Waals surface area contributed by atoms with Gasteiger partial charge in [-0.15, -0.1) is 0 Å². The van der Waals surface area contributed by atoms with Crippen LogP contribution in [-0.2, 0) is 6.42 Å². The summed E-state index contributed by atoms with van der Waals surface area (Å²) >= 11 is 0. The maximum Gasteiger partial charge on any atom is 0.0555 e. The highest BCUT2D eigenvalue weighted by Crippen LogP contribution is 2.01. The molecule has 0 saturated carbocycles. The minimum atomic E-state index is 0.399. The van der Waals surface area contributed by atoms with Crippen molar-refractivity contribution < 1.29 is 0 Å². The molecule has 0 unspecified atom stereocenters. The summed E-state index contributed by atoms with van der Waals surface area (Å²) in [5.74, 6) is 5.74. The highest BCUT2D eigenvalue weighted by atomic mass is 14.6. The summed E-state index contributed by atoms with van der Waals surface area (Å²) in [4.78, 5) is 4.07. The zero-order valence-electron chi connectivity index (χ0n) is 7.17. The van der Waals surface area contributed by atoms with Crippen LogP contribution < -0.4 is 5.73 Å². The minimum absolute atomic E-state index is 0.399. The van der Waals surface area contributed by atoms with E-state index >= 15 is 0 Å². The van der Waals surface area contributed by atoms with E-state index in [9.17, 15) is 0 Å². The molecule has 0 aliphatic carbocycles. The van der Waals surface area contributed by atoms with Crippen molar-refractivity contribution in [3.05, 3.63) is 29.6 Å². The number of hydrogen-bond donors (Lipinski definition) is 1. The lowest BCUT2D eigenvalue weighted by atomic mass is 10.2. The Labute approximate surface area is 72.8 Å². The number of hydrogen-bond acceptors (Lipinski definition) is 2. The van der Waals surface area contributed by atoms with Gasteiger partial charge in [0.05, 0.1) is 6.54 Å². The normalized spacial score (nSPS) is 8.83. The Hall–Kier alpha value is -1.33. The summed E-state index contributed by atoms with van der Waals surface area (Å²) in [6.07, 6.45) is 4.60. The molecular formula is C10H12N2. The van der Waals surface area contributed by atoms with Gasteiger partial charge in [0, 0.05) is 18.0 Å². The molecule has 1 aromatic heterocycles. The average Bonchev–Trinajstić information content (AvgIpc) is 2.15. The Balaban J connectivity index is 2.86. The fourth-order valence-electron chi connectivity index (χ4n) is 0.902. The van der Waals surface area contributed by atoms with Crippen LogP contribution in [0, 0.1) is 11.8 Å². The smallest absolute Gasteiger partial charge is 0.0555 e. The van der Waals surface area contributed by atoms with Gasteiger partial charge in [-0.2, -0.15) is 0 Å². The van der Waals surface area contributed by atoms with Crippen molar-refractivity contribution in [1.82, 2.24) is 4.98 Å². The predicted octanol–water partition coefficient (Wildman–Crippen LogP) is 0.954. The van der Waals surface area contributed by atoms with Crippen LogP contribution in [0.3, 0.4) is 0 Å². The van der Waals surface area contributed by atoms with Crippen LogP contribution in [0.2, 0.25) is 0 Å². The number of nitrogens with two attached hydrogens (primary N) is 1. The van der Waals surface area contributed by atoms with Crippen LogP contribution in [0.5, 0.6) is 0 Å².